The van der Waals surface area contributed by atoms with Gasteiger partial charge < -0.3 is 15.0 Å². The van der Waals surface area contributed by atoms with Crippen LogP contribution >= 0.6 is 23.2 Å². The zero-order valence-electron chi connectivity index (χ0n) is 21.2. The van der Waals surface area contributed by atoms with Crippen LogP contribution < -0.4 is 10.0 Å². The number of nitrogens with one attached hydrogen (secondary N) is 2. The molecule has 1 fully saturated rings. The van der Waals surface area contributed by atoms with Gasteiger partial charge in [0.05, 0.1) is 23.8 Å². The van der Waals surface area contributed by atoms with Gasteiger partial charge in [-0.05, 0) is 53.4 Å². The Labute approximate surface area is 241 Å². The molecule has 0 unspecified atom stereocenters. The molecule has 0 bridgehead atoms. The van der Waals surface area contributed by atoms with Gasteiger partial charge in [-0.2, -0.15) is 0 Å². The Hall–Kier alpha value is -3.63. The summed E-state index contributed by atoms with van der Waals surface area (Å²) in [5.41, 5.74) is 2.01. The second-order valence-corrected chi connectivity index (χ2v) is 11.8. The molecule has 1 saturated heterocycles. The Balaban J connectivity index is 1.34. The van der Waals surface area contributed by atoms with Gasteiger partial charge in [-0.15, -0.1) is 0 Å². The predicted octanol–water partition coefficient (Wildman–Crippen LogP) is 5.35. The quantitative estimate of drug-likeness (QED) is 0.299. The highest BCUT2D eigenvalue weighted by Gasteiger charge is 2.20. The number of benzene rings is 4. The van der Waals surface area contributed by atoms with Crippen LogP contribution in [0.1, 0.15) is 26.3 Å². The van der Waals surface area contributed by atoms with Gasteiger partial charge in [0.15, 0.2) is 0 Å². The lowest BCUT2D eigenvalue weighted by Gasteiger charge is -2.27. The molecule has 0 radical (unpaired) electrons. The molecule has 1 aliphatic rings. The summed E-state index contributed by atoms with van der Waals surface area (Å²) < 4.78 is 34.0. The Morgan fingerprint density at radius 1 is 0.850 bits per heavy atom. The number of carbonyl (C=O) groups is 2. The van der Waals surface area contributed by atoms with Gasteiger partial charge >= 0.3 is 0 Å². The highest BCUT2D eigenvalue weighted by atomic mass is 35.5. The molecule has 2 N–H and O–H groups in total. The zero-order valence-corrected chi connectivity index (χ0v) is 23.5. The van der Waals surface area contributed by atoms with Crippen molar-refractivity contribution in [3.05, 3.63) is 106 Å². The molecule has 0 aliphatic carbocycles. The average Bonchev–Trinajstić information content (AvgIpc) is 2.95. The van der Waals surface area contributed by atoms with Crippen molar-refractivity contribution < 1.29 is 22.7 Å². The summed E-state index contributed by atoms with van der Waals surface area (Å²) in [4.78, 5) is 27.7. The molecule has 4 aromatic rings. The highest BCUT2D eigenvalue weighted by molar-refractivity contribution is 7.92. The maximum atomic E-state index is 13.2. The van der Waals surface area contributed by atoms with E-state index in [1.807, 2.05) is 6.07 Å². The van der Waals surface area contributed by atoms with Crippen LogP contribution in [0.3, 0.4) is 0 Å². The van der Waals surface area contributed by atoms with Crippen LogP contribution in [0.4, 0.5) is 5.69 Å². The van der Waals surface area contributed by atoms with Crippen LogP contribution in [0.15, 0.2) is 83.8 Å². The Kier molecular flexibility index (Phi) is 8.27. The third-order valence-electron chi connectivity index (χ3n) is 6.48. The first-order valence-electron chi connectivity index (χ1n) is 12.5. The molecule has 0 aromatic heterocycles. The van der Waals surface area contributed by atoms with E-state index in [4.69, 9.17) is 27.9 Å². The van der Waals surface area contributed by atoms with Gasteiger partial charge in [-0.1, -0.05) is 59.6 Å². The highest BCUT2D eigenvalue weighted by Crippen LogP contribution is 2.30. The maximum absolute atomic E-state index is 13.2. The van der Waals surface area contributed by atoms with Crippen molar-refractivity contribution in [2.45, 2.75) is 11.4 Å². The van der Waals surface area contributed by atoms with Gasteiger partial charge in [0.25, 0.3) is 21.8 Å². The van der Waals surface area contributed by atoms with Crippen molar-refractivity contribution in [2.24, 2.45) is 0 Å². The van der Waals surface area contributed by atoms with Crippen molar-refractivity contribution in [3.63, 3.8) is 0 Å². The number of carbonyl (C=O) groups excluding carboxylic acids is 2. The van der Waals surface area contributed by atoms with Crippen LogP contribution in [0.25, 0.3) is 10.8 Å². The van der Waals surface area contributed by atoms with Crippen LogP contribution in [0, 0.1) is 0 Å². The Morgan fingerprint density at radius 2 is 1.52 bits per heavy atom. The molecule has 0 atom stereocenters. The van der Waals surface area contributed by atoms with Crippen molar-refractivity contribution in [2.75, 3.05) is 31.0 Å². The minimum Gasteiger partial charge on any atom is -0.378 e. The SMILES string of the molecule is O=C(NCc1cccc(C(=O)N2CCOCC2)c1)c1cccc2c(NS(=O)(=O)c3cc(Cl)cc(Cl)c3)cccc12. The largest absolute Gasteiger partial charge is 0.378 e. The molecule has 8 nitrogen and oxygen atoms in total. The van der Waals surface area contributed by atoms with Crippen LogP contribution in [-0.4, -0.2) is 51.4 Å². The lowest BCUT2D eigenvalue weighted by Crippen LogP contribution is -2.40. The molecule has 0 saturated carbocycles. The van der Waals surface area contributed by atoms with E-state index < -0.39 is 10.0 Å². The first kappa shape index (κ1) is 27.9. The Bertz CT molecular complexity index is 1690. The zero-order chi connectivity index (χ0) is 28.3. The van der Waals surface area contributed by atoms with E-state index in [-0.39, 0.29) is 33.3 Å². The first-order chi connectivity index (χ1) is 19.2. The summed E-state index contributed by atoms with van der Waals surface area (Å²) >= 11 is 12.0. The monoisotopic (exact) mass is 597 g/mol. The number of rotatable bonds is 7. The molecular formula is C29H25Cl2N3O5S. The van der Waals surface area contributed by atoms with Gasteiger partial charge in [-0.3, -0.25) is 14.3 Å². The number of halogens is 2. The third kappa shape index (κ3) is 6.23. The van der Waals surface area contributed by atoms with Crippen molar-refractivity contribution >= 4 is 61.5 Å². The minimum absolute atomic E-state index is 0.0689. The number of nitrogens with zero attached hydrogens (tertiary/aromatic N) is 1. The predicted molar refractivity (Wildman–Crippen MR) is 156 cm³/mol. The average molecular weight is 599 g/mol. The molecule has 2 amide bonds. The summed E-state index contributed by atoms with van der Waals surface area (Å²) in [5, 5.41) is 4.41. The van der Waals surface area contributed by atoms with Gasteiger partial charge in [0.1, 0.15) is 0 Å². The number of anilines is 1. The van der Waals surface area contributed by atoms with E-state index in [1.54, 1.807) is 59.5 Å². The molecule has 5 rings (SSSR count). The summed E-state index contributed by atoms with van der Waals surface area (Å²) in [6, 6.07) is 21.4. The molecule has 4 aromatic carbocycles. The van der Waals surface area contributed by atoms with Crippen LogP contribution in [0.5, 0.6) is 0 Å². The normalized spacial score (nSPS) is 13.7. The molecule has 40 heavy (non-hydrogen) atoms. The number of hydrogen-bond donors (Lipinski definition) is 2. The summed E-state index contributed by atoms with van der Waals surface area (Å²) in [7, 11) is -4.01. The molecule has 206 valence electrons. The standard InChI is InChI=1S/C29H25Cl2N3O5S/c30-21-15-22(31)17-23(16-21)40(37,38)33-27-9-3-6-24-25(27)7-2-8-26(24)28(35)32-18-19-4-1-5-20(14-19)29(36)34-10-12-39-13-11-34/h1-9,14-17,33H,10-13,18H2,(H,32,35). The summed E-state index contributed by atoms with van der Waals surface area (Å²) in [5.74, 6) is -0.405. The van der Waals surface area contributed by atoms with E-state index >= 15 is 0 Å². The number of sulfonamides is 1. The second kappa shape index (κ2) is 11.9. The summed E-state index contributed by atoms with van der Waals surface area (Å²) in [6.07, 6.45) is 0. The van der Waals surface area contributed by atoms with E-state index in [0.717, 1.165) is 5.56 Å². The topological polar surface area (TPSA) is 105 Å². The van der Waals surface area contributed by atoms with Gasteiger partial charge in [0.2, 0.25) is 0 Å². The smallest absolute Gasteiger partial charge is 0.262 e. The number of hydrogen-bond acceptors (Lipinski definition) is 5. The maximum Gasteiger partial charge on any atom is 0.262 e. The molecule has 11 heteroatoms. The fourth-order valence-corrected chi connectivity index (χ4v) is 6.33. The lowest BCUT2D eigenvalue weighted by molar-refractivity contribution is 0.0303. The minimum atomic E-state index is -4.01. The number of ether oxygens (including phenoxy) is 1. The lowest BCUT2D eigenvalue weighted by atomic mass is 10.0. The molecule has 1 aliphatic heterocycles. The number of fused-ring (bicyclic) bond motifs is 1. The fraction of sp³-hybridized carbons (Fsp3) is 0.172. The van der Waals surface area contributed by atoms with Gasteiger partial charge in [0, 0.05) is 46.2 Å². The van der Waals surface area contributed by atoms with E-state index in [9.17, 15) is 18.0 Å². The van der Waals surface area contributed by atoms with E-state index in [2.05, 4.69) is 10.0 Å². The third-order valence-corrected chi connectivity index (χ3v) is 8.26. The van der Waals surface area contributed by atoms with Crippen molar-refractivity contribution in [1.29, 1.82) is 0 Å². The molecular weight excluding hydrogens is 573 g/mol. The van der Waals surface area contributed by atoms with Crippen LogP contribution in [-0.2, 0) is 21.3 Å². The van der Waals surface area contributed by atoms with Crippen molar-refractivity contribution in [3.8, 4) is 0 Å². The number of amides is 2. The van der Waals surface area contributed by atoms with Crippen LogP contribution in [0.2, 0.25) is 10.0 Å². The second-order valence-electron chi connectivity index (χ2n) is 9.20. The Morgan fingerprint density at radius 3 is 2.27 bits per heavy atom. The van der Waals surface area contributed by atoms with E-state index in [1.165, 1.54) is 18.2 Å². The molecule has 1 heterocycles. The van der Waals surface area contributed by atoms with Crippen molar-refractivity contribution in [1.82, 2.24) is 10.2 Å². The van der Waals surface area contributed by atoms with E-state index in [0.29, 0.717) is 53.9 Å². The summed E-state index contributed by atoms with van der Waals surface area (Å²) in [6.45, 7) is 2.34. The fourth-order valence-electron chi connectivity index (χ4n) is 4.53. The first-order valence-corrected chi connectivity index (χ1v) is 14.7. The van der Waals surface area contributed by atoms with Gasteiger partial charge in [-0.25, -0.2) is 8.42 Å². The number of morpholine rings is 1. The molecule has 0 spiro atoms.